The van der Waals surface area contributed by atoms with Crippen LogP contribution in [0.1, 0.15) is 25.7 Å². The molecule has 1 rings (SSSR count). The Bertz CT molecular complexity index is 184. The fraction of sp³-hybridized carbons (Fsp3) is 0.818. The van der Waals surface area contributed by atoms with E-state index in [1.807, 2.05) is 0 Å². The third kappa shape index (κ3) is 3.60. The molecular formula is C11H20ClNO. The largest absolute Gasteiger partial charge is 0.396 e. The number of likely N-dealkylation sites (tertiary alicyclic amines) is 1. The Kier molecular flexibility index (Phi) is 5.53. The summed E-state index contributed by atoms with van der Waals surface area (Å²) >= 11 is 5.72. The van der Waals surface area contributed by atoms with Crippen molar-refractivity contribution in [1.82, 2.24) is 4.90 Å². The SMILES string of the molecule is C=C(CCl)CN1CCCC1CCCO. The highest BCUT2D eigenvalue weighted by molar-refractivity contribution is 6.19. The van der Waals surface area contributed by atoms with E-state index in [0.717, 1.165) is 31.5 Å². The van der Waals surface area contributed by atoms with Crippen molar-refractivity contribution < 1.29 is 5.11 Å². The Morgan fingerprint density at radius 2 is 2.36 bits per heavy atom. The first-order valence-corrected chi connectivity index (χ1v) is 5.89. The molecule has 14 heavy (non-hydrogen) atoms. The zero-order valence-electron chi connectivity index (χ0n) is 8.71. The van der Waals surface area contributed by atoms with E-state index in [0.29, 0.717) is 18.5 Å². The maximum atomic E-state index is 8.78. The molecule has 1 saturated heterocycles. The Morgan fingerprint density at radius 3 is 3.00 bits per heavy atom. The van der Waals surface area contributed by atoms with E-state index in [1.165, 1.54) is 12.8 Å². The number of rotatable bonds is 6. The summed E-state index contributed by atoms with van der Waals surface area (Å²) in [5.41, 5.74) is 1.10. The lowest BCUT2D eigenvalue weighted by Gasteiger charge is -2.24. The highest BCUT2D eigenvalue weighted by Gasteiger charge is 2.23. The van der Waals surface area contributed by atoms with Crippen molar-refractivity contribution in [2.45, 2.75) is 31.7 Å². The van der Waals surface area contributed by atoms with Crippen LogP contribution in [0.5, 0.6) is 0 Å². The van der Waals surface area contributed by atoms with E-state index in [9.17, 15) is 0 Å². The molecule has 0 radical (unpaired) electrons. The van der Waals surface area contributed by atoms with Gasteiger partial charge < -0.3 is 5.11 Å². The van der Waals surface area contributed by atoms with E-state index in [4.69, 9.17) is 16.7 Å². The highest BCUT2D eigenvalue weighted by atomic mass is 35.5. The smallest absolute Gasteiger partial charge is 0.0443 e. The molecular weight excluding hydrogens is 198 g/mol. The molecule has 1 heterocycles. The van der Waals surface area contributed by atoms with E-state index < -0.39 is 0 Å². The Labute approximate surface area is 91.6 Å². The minimum atomic E-state index is 0.306. The van der Waals surface area contributed by atoms with Gasteiger partial charge in [0.25, 0.3) is 0 Å². The maximum Gasteiger partial charge on any atom is 0.0443 e. The molecule has 0 spiro atoms. The van der Waals surface area contributed by atoms with Crippen LogP contribution in [0.3, 0.4) is 0 Å². The van der Waals surface area contributed by atoms with Crippen LogP contribution >= 0.6 is 11.6 Å². The monoisotopic (exact) mass is 217 g/mol. The van der Waals surface area contributed by atoms with Crippen molar-refractivity contribution >= 4 is 11.6 Å². The maximum absolute atomic E-state index is 8.78. The first kappa shape index (κ1) is 12.0. The Hall–Kier alpha value is -0.0500. The van der Waals surface area contributed by atoms with Gasteiger partial charge in [0.05, 0.1) is 0 Å². The molecule has 0 aliphatic carbocycles. The van der Waals surface area contributed by atoms with Crippen LogP contribution in [0.25, 0.3) is 0 Å². The van der Waals surface area contributed by atoms with Crippen LogP contribution in [0.15, 0.2) is 12.2 Å². The van der Waals surface area contributed by atoms with Crippen molar-refractivity contribution in [1.29, 1.82) is 0 Å². The minimum Gasteiger partial charge on any atom is -0.396 e. The van der Waals surface area contributed by atoms with Gasteiger partial charge in [0.2, 0.25) is 0 Å². The molecule has 1 aliphatic heterocycles. The van der Waals surface area contributed by atoms with Gasteiger partial charge in [-0.3, -0.25) is 4.90 Å². The van der Waals surface area contributed by atoms with Crippen LogP contribution < -0.4 is 0 Å². The molecule has 0 aromatic heterocycles. The highest BCUT2D eigenvalue weighted by Crippen LogP contribution is 2.22. The van der Waals surface area contributed by atoms with E-state index >= 15 is 0 Å². The van der Waals surface area contributed by atoms with Crippen LogP contribution in [0.2, 0.25) is 0 Å². The molecule has 0 bridgehead atoms. The molecule has 1 unspecified atom stereocenters. The summed E-state index contributed by atoms with van der Waals surface area (Å²) in [5.74, 6) is 0.559. The summed E-state index contributed by atoms with van der Waals surface area (Å²) in [6, 6.07) is 0.641. The third-order valence-corrected chi connectivity index (χ3v) is 3.19. The summed E-state index contributed by atoms with van der Waals surface area (Å²) in [6.07, 6.45) is 4.54. The summed E-state index contributed by atoms with van der Waals surface area (Å²) in [6.45, 7) is 6.32. The van der Waals surface area contributed by atoms with Crippen molar-refractivity contribution in [2.24, 2.45) is 0 Å². The first-order valence-electron chi connectivity index (χ1n) is 5.35. The number of hydrogen-bond acceptors (Lipinski definition) is 2. The average molecular weight is 218 g/mol. The number of halogens is 1. The van der Waals surface area contributed by atoms with Crippen molar-refractivity contribution in [3.63, 3.8) is 0 Å². The Morgan fingerprint density at radius 1 is 1.57 bits per heavy atom. The average Bonchev–Trinajstić information content (AvgIpc) is 2.62. The number of aliphatic hydroxyl groups excluding tert-OH is 1. The normalized spacial score (nSPS) is 22.9. The molecule has 1 N–H and O–H groups in total. The minimum absolute atomic E-state index is 0.306. The number of alkyl halides is 1. The molecule has 1 fully saturated rings. The summed E-state index contributed by atoms with van der Waals surface area (Å²) < 4.78 is 0. The second-order valence-electron chi connectivity index (χ2n) is 4.02. The predicted octanol–water partition coefficient (Wildman–Crippen LogP) is 2.02. The fourth-order valence-electron chi connectivity index (χ4n) is 2.09. The molecule has 2 nitrogen and oxygen atoms in total. The second kappa shape index (κ2) is 6.44. The Balaban J connectivity index is 2.31. The molecule has 0 saturated carbocycles. The predicted molar refractivity (Wildman–Crippen MR) is 60.8 cm³/mol. The molecule has 3 heteroatoms. The van der Waals surface area contributed by atoms with E-state index in [1.54, 1.807) is 0 Å². The number of hydrogen-bond donors (Lipinski definition) is 1. The molecule has 1 atom stereocenters. The van der Waals surface area contributed by atoms with Gasteiger partial charge in [-0.25, -0.2) is 0 Å². The molecule has 0 aromatic rings. The van der Waals surface area contributed by atoms with Gasteiger partial charge in [0.1, 0.15) is 0 Å². The van der Waals surface area contributed by atoms with Gasteiger partial charge in [-0.1, -0.05) is 6.58 Å². The fourth-order valence-corrected chi connectivity index (χ4v) is 2.17. The quantitative estimate of drug-likeness (QED) is 0.544. The van der Waals surface area contributed by atoms with Gasteiger partial charge >= 0.3 is 0 Å². The van der Waals surface area contributed by atoms with E-state index in [2.05, 4.69) is 11.5 Å². The lowest BCUT2D eigenvalue weighted by molar-refractivity contribution is 0.228. The van der Waals surface area contributed by atoms with Crippen LogP contribution in [0, 0.1) is 0 Å². The van der Waals surface area contributed by atoms with Gasteiger partial charge in [0, 0.05) is 25.1 Å². The van der Waals surface area contributed by atoms with Crippen molar-refractivity contribution in [3.05, 3.63) is 12.2 Å². The van der Waals surface area contributed by atoms with Gasteiger partial charge in [-0.05, 0) is 37.8 Å². The second-order valence-corrected chi connectivity index (χ2v) is 4.28. The standard InChI is InChI=1S/C11H20ClNO/c1-10(8-12)9-13-6-2-4-11(13)5-3-7-14/h11,14H,1-9H2. The summed E-state index contributed by atoms with van der Waals surface area (Å²) in [4.78, 5) is 2.44. The van der Waals surface area contributed by atoms with Gasteiger partial charge in [-0.2, -0.15) is 0 Å². The molecule has 0 amide bonds. The molecule has 0 aromatic carbocycles. The van der Waals surface area contributed by atoms with Gasteiger partial charge in [0.15, 0.2) is 0 Å². The number of nitrogens with zero attached hydrogens (tertiary/aromatic N) is 1. The van der Waals surface area contributed by atoms with Crippen molar-refractivity contribution in [2.75, 3.05) is 25.6 Å². The van der Waals surface area contributed by atoms with Crippen LogP contribution in [-0.4, -0.2) is 41.6 Å². The zero-order valence-corrected chi connectivity index (χ0v) is 9.47. The lowest BCUT2D eigenvalue weighted by atomic mass is 10.1. The van der Waals surface area contributed by atoms with Gasteiger partial charge in [-0.15, -0.1) is 11.6 Å². The lowest BCUT2D eigenvalue weighted by Crippen LogP contribution is -2.31. The molecule has 1 aliphatic rings. The molecule has 82 valence electrons. The topological polar surface area (TPSA) is 23.5 Å². The van der Waals surface area contributed by atoms with Crippen LogP contribution in [-0.2, 0) is 0 Å². The zero-order chi connectivity index (χ0) is 10.4. The van der Waals surface area contributed by atoms with Crippen LogP contribution in [0.4, 0.5) is 0 Å². The first-order chi connectivity index (χ1) is 6.77. The number of aliphatic hydroxyl groups is 1. The summed E-state index contributed by atoms with van der Waals surface area (Å²) in [7, 11) is 0. The van der Waals surface area contributed by atoms with Crippen molar-refractivity contribution in [3.8, 4) is 0 Å². The third-order valence-electron chi connectivity index (χ3n) is 2.81. The van der Waals surface area contributed by atoms with E-state index in [-0.39, 0.29) is 0 Å². The summed E-state index contributed by atoms with van der Waals surface area (Å²) in [5, 5.41) is 8.78.